The van der Waals surface area contributed by atoms with E-state index in [1.54, 1.807) is 0 Å². The molecule has 0 atom stereocenters. The molecule has 2 aliphatic rings. The zero-order chi connectivity index (χ0) is 19.7. The lowest BCUT2D eigenvalue weighted by molar-refractivity contribution is -0.0929. The van der Waals surface area contributed by atoms with Crippen LogP contribution in [0.5, 0.6) is 0 Å². The molecule has 26 heavy (non-hydrogen) atoms. The summed E-state index contributed by atoms with van der Waals surface area (Å²) in [6.07, 6.45) is -0.865. The first-order chi connectivity index (χ1) is 11.7. The van der Waals surface area contributed by atoms with Gasteiger partial charge in [-0.15, -0.1) is 0 Å². The Hall–Kier alpha value is 0.0200. The summed E-state index contributed by atoms with van der Waals surface area (Å²) < 4.78 is 26.5. The van der Waals surface area contributed by atoms with Gasteiger partial charge in [0.25, 0.3) is 0 Å². The Bertz CT molecular complexity index is 631. The number of rotatable bonds is 2. The highest BCUT2D eigenvalue weighted by molar-refractivity contribution is 9.11. The van der Waals surface area contributed by atoms with Gasteiger partial charge >= 0.3 is 0 Å². The summed E-state index contributed by atoms with van der Waals surface area (Å²) >= 11 is 7.36. The van der Waals surface area contributed by atoms with Crippen molar-refractivity contribution < 1.29 is 18.9 Å². The third-order valence-corrected chi connectivity index (χ3v) is 7.50. The fourth-order valence-electron chi connectivity index (χ4n) is 2.88. The minimum absolute atomic E-state index is 0.381. The highest BCUT2D eigenvalue weighted by Crippen LogP contribution is 2.50. The summed E-state index contributed by atoms with van der Waals surface area (Å²) in [5.41, 5.74) is 0.357. The van der Waals surface area contributed by atoms with Gasteiger partial charge in [-0.2, -0.15) is 0 Å². The van der Waals surface area contributed by atoms with Crippen molar-refractivity contribution in [1.82, 2.24) is 0 Å². The summed E-state index contributed by atoms with van der Waals surface area (Å²) in [7, 11) is 0. The number of hydrogen-bond donors (Lipinski definition) is 0. The molecule has 0 aliphatic carbocycles. The average Bonchev–Trinajstić information content (AvgIpc) is 2.80. The van der Waals surface area contributed by atoms with E-state index in [4.69, 9.17) is 18.9 Å². The van der Waals surface area contributed by atoms with E-state index in [0.29, 0.717) is 0 Å². The number of hydrogen-bond acceptors (Lipinski definition) is 4. The Morgan fingerprint density at radius 3 is 1.04 bits per heavy atom. The van der Waals surface area contributed by atoms with Crippen LogP contribution in [0.3, 0.4) is 0 Å². The lowest BCUT2D eigenvalue weighted by Gasteiger charge is -2.30. The highest BCUT2D eigenvalue weighted by atomic mass is 79.9. The van der Waals surface area contributed by atoms with Crippen molar-refractivity contribution in [2.24, 2.45) is 0 Å². The van der Waals surface area contributed by atoms with Crippen molar-refractivity contribution in [3.63, 3.8) is 0 Å². The van der Waals surface area contributed by atoms with Gasteiger partial charge in [-0.1, -0.05) is 31.9 Å². The molecule has 0 unspecified atom stereocenters. The third-order valence-electron chi connectivity index (χ3n) is 6.13. The molecule has 1 aromatic carbocycles. The Labute approximate surface area is 173 Å². The number of ether oxygens (including phenoxy) is 4. The van der Waals surface area contributed by atoms with Gasteiger partial charge < -0.3 is 18.9 Å². The maximum Gasteiger partial charge on any atom is 0.186 e. The monoisotopic (exact) mass is 490 g/mol. The summed E-state index contributed by atoms with van der Waals surface area (Å²) in [6, 6.07) is 4.04. The van der Waals surface area contributed by atoms with E-state index in [2.05, 4.69) is 87.2 Å². The highest BCUT2D eigenvalue weighted by Gasteiger charge is 2.51. The molecular formula is C20H28Br2O4. The smallest absolute Gasteiger partial charge is 0.186 e. The summed E-state index contributed by atoms with van der Waals surface area (Å²) in [6.45, 7) is 16.4. The molecule has 6 heteroatoms. The predicted molar refractivity (Wildman–Crippen MR) is 108 cm³/mol. The van der Waals surface area contributed by atoms with Gasteiger partial charge in [0.05, 0.1) is 22.4 Å². The Morgan fingerprint density at radius 2 is 0.808 bits per heavy atom. The van der Waals surface area contributed by atoms with Gasteiger partial charge in [0.2, 0.25) is 0 Å². The zero-order valence-electron chi connectivity index (χ0n) is 16.7. The summed E-state index contributed by atoms with van der Waals surface area (Å²) in [5.74, 6) is 0. The van der Waals surface area contributed by atoms with Gasteiger partial charge in [0.15, 0.2) is 12.6 Å². The first-order valence-corrected chi connectivity index (χ1v) is 10.5. The Morgan fingerprint density at radius 1 is 0.577 bits per heavy atom. The van der Waals surface area contributed by atoms with Gasteiger partial charge in [-0.25, -0.2) is 0 Å². The van der Waals surface area contributed by atoms with E-state index in [0.717, 1.165) is 20.1 Å². The van der Waals surface area contributed by atoms with Crippen LogP contribution in [0.2, 0.25) is 0 Å². The van der Waals surface area contributed by atoms with Crippen LogP contribution in [0.25, 0.3) is 0 Å². The molecule has 2 saturated heterocycles. The van der Waals surface area contributed by atoms with E-state index in [-0.39, 0.29) is 22.4 Å². The van der Waals surface area contributed by atoms with Crippen LogP contribution in [-0.2, 0) is 18.9 Å². The second kappa shape index (κ2) is 6.26. The molecule has 2 aliphatic heterocycles. The third kappa shape index (κ3) is 3.31. The van der Waals surface area contributed by atoms with Crippen LogP contribution in [-0.4, -0.2) is 22.4 Å². The fourth-order valence-corrected chi connectivity index (χ4v) is 3.97. The summed E-state index contributed by atoms with van der Waals surface area (Å²) in [5, 5.41) is 0. The first-order valence-electron chi connectivity index (χ1n) is 8.87. The van der Waals surface area contributed by atoms with Crippen LogP contribution >= 0.6 is 31.9 Å². The molecule has 0 spiro atoms. The summed E-state index contributed by atoms with van der Waals surface area (Å²) in [4.78, 5) is 0. The second-order valence-electron chi connectivity index (χ2n) is 9.07. The van der Waals surface area contributed by atoms with E-state index in [9.17, 15) is 0 Å². The molecule has 0 aromatic heterocycles. The molecule has 146 valence electrons. The number of benzene rings is 1. The van der Waals surface area contributed by atoms with Crippen LogP contribution in [0, 0.1) is 0 Å². The quantitative estimate of drug-likeness (QED) is 0.478. The fraction of sp³-hybridized carbons (Fsp3) is 0.700. The van der Waals surface area contributed by atoms with Gasteiger partial charge in [0.1, 0.15) is 0 Å². The van der Waals surface area contributed by atoms with Crippen molar-refractivity contribution in [2.75, 3.05) is 0 Å². The van der Waals surface area contributed by atoms with Gasteiger partial charge in [-0.3, -0.25) is 0 Å². The topological polar surface area (TPSA) is 36.9 Å². The molecule has 0 N–H and O–H groups in total. The molecule has 0 saturated carbocycles. The average molecular weight is 492 g/mol. The zero-order valence-corrected chi connectivity index (χ0v) is 19.9. The minimum atomic E-state index is -0.432. The molecule has 2 fully saturated rings. The van der Waals surface area contributed by atoms with Crippen LogP contribution in [0.1, 0.15) is 79.1 Å². The van der Waals surface area contributed by atoms with Crippen molar-refractivity contribution in [1.29, 1.82) is 0 Å². The molecule has 0 bridgehead atoms. The molecule has 3 rings (SSSR count). The van der Waals surface area contributed by atoms with Crippen molar-refractivity contribution in [3.05, 3.63) is 32.2 Å². The minimum Gasteiger partial charge on any atom is -0.339 e. The lowest BCUT2D eigenvalue weighted by Crippen LogP contribution is -2.41. The van der Waals surface area contributed by atoms with Gasteiger partial charge in [-0.05, 0) is 67.5 Å². The molecule has 2 heterocycles. The molecule has 0 radical (unpaired) electrons. The largest absolute Gasteiger partial charge is 0.339 e. The normalized spacial score (nSPS) is 27.2. The molecular weight excluding hydrogens is 464 g/mol. The lowest BCUT2D eigenvalue weighted by atomic mass is 9.90. The number of halogens is 2. The van der Waals surface area contributed by atoms with Crippen LogP contribution in [0.4, 0.5) is 0 Å². The van der Waals surface area contributed by atoms with Crippen molar-refractivity contribution in [3.8, 4) is 0 Å². The van der Waals surface area contributed by atoms with Crippen molar-refractivity contribution in [2.45, 2.75) is 90.4 Å². The van der Waals surface area contributed by atoms with E-state index in [1.807, 2.05) is 12.1 Å². The first kappa shape index (κ1) is 20.7. The molecule has 4 nitrogen and oxygen atoms in total. The van der Waals surface area contributed by atoms with Crippen molar-refractivity contribution >= 4 is 31.9 Å². The van der Waals surface area contributed by atoms with E-state index >= 15 is 0 Å². The molecule has 1 aromatic rings. The predicted octanol–water partition coefficient (Wildman–Crippen LogP) is 6.42. The standard InChI is InChI=1S/C20H28Br2O4/c1-17(2)18(3,4)24-15(23-17)11-9-14(22)12(10-13(11)21)16-25-19(5,6)20(7,8)26-16/h9-10,15-16H,1-8H3. The Kier molecular flexibility index (Phi) is 5.00. The SMILES string of the molecule is CC1(C)OC(c2cc(Br)c(C3OC(C)(C)C(C)(C)O3)cc2Br)OC1(C)C. The maximum absolute atomic E-state index is 6.18. The maximum atomic E-state index is 6.18. The van der Waals surface area contributed by atoms with Gasteiger partial charge in [0, 0.05) is 20.1 Å². The van der Waals surface area contributed by atoms with E-state index < -0.39 is 12.6 Å². The second-order valence-corrected chi connectivity index (χ2v) is 10.8. The molecule has 0 amide bonds. The van der Waals surface area contributed by atoms with E-state index in [1.165, 1.54) is 0 Å². The van der Waals surface area contributed by atoms with Crippen LogP contribution in [0.15, 0.2) is 21.1 Å². The Balaban J connectivity index is 1.92. The van der Waals surface area contributed by atoms with Crippen LogP contribution < -0.4 is 0 Å².